The molecule has 90 valence electrons. The van der Waals surface area contributed by atoms with Gasteiger partial charge in [0, 0.05) is 26.7 Å². The van der Waals surface area contributed by atoms with Crippen LogP contribution in [0.1, 0.15) is 12.2 Å². The number of ether oxygens (including phenoxy) is 2. The van der Waals surface area contributed by atoms with E-state index >= 15 is 0 Å². The lowest BCUT2D eigenvalue weighted by Crippen LogP contribution is -2.42. The minimum atomic E-state index is -0.184. The van der Waals surface area contributed by atoms with Crippen LogP contribution in [0.25, 0.3) is 0 Å². The van der Waals surface area contributed by atoms with E-state index in [1.165, 1.54) is 0 Å². The van der Waals surface area contributed by atoms with Crippen LogP contribution >= 0.6 is 11.6 Å². The molecule has 4 nitrogen and oxygen atoms in total. The number of hydrogen-bond acceptors (Lipinski definition) is 4. The van der Waals surface area contributed by atoms with Crippen LogP contribution in [0.2, 0.25) is 5.22 Å². The van der Waals surface area contributed by atoms with E-state index in [0.29, 0.717) is 18.4 Å². The molecule has 1 atom stereocenters. The van der Waals surface area contributed by atoms with Gasteiger partial charge in [0.05, 0.1) is 13.2 Å². The molecule has 0 aromatic carbocycles. The molecule has 0 amide bonds. The molecular formula is C11H16ClNO3. The Morgan fingerprint density at radius 3 is 3.00 bits per heavy atom. The summed E-state index contributed by atoms with van der Waals surface area (Å²) in [6, 6.07) is 3.60. The maximum atomic E-state index is 5.68. The van der Waals surface area contributed by atoms with Gasteiger partial charge in [-0.1, -0.05) is 0 Å². The molecule has 2 rings (SSSR count). The molecule has 2 heterocycles. The Labute approximate surface area is 99.9 Å². The number of halogens is 1. The lowest BCUT2D eigenvalue weighted by Gasteiger charge is -2.25. The van der Waals surface area contributed by atoms with E-state index in [9.17, 15) is 0 Å². The Morgan fingerprint density at radius 2 is 2.44 bits per heavy atom. The van der Waals surface area contributed by atoms with Crippen molar-refractivity contribution in [1.29, 1.82) is 0 Å². The fourth-order valence-corrected chi connectivity index (χ4v) is 1.98. The summed E-state index contributed by atoms with van der Waals surface area (Å²) in [5, 5.41) is 3.71. The zero-order valence-corrected chi connectivity index (χ0v) is 10.0. The number of methoxy groups -OCH3 is 1. The molecule has 0 spiro atoms. The van der Waals surface area contributed by atoms with Crippen LogP contribution in [0, 0.1) is 0 Å². The van der Waals surface area contributed by atoms with Crippen molar-refractivity contribution in [2.24, 2.45) is 0 Å². The van der Waals surface area contributed by atoms with Gasteiger partial charge >= 0.3 is 0 Å². The Bertz CT molecular complexity index is 334. The summed E-state index contributed by atoms with van der Waals surface area (Å²) >= 11 is 5.68. The first-order valence-corrected chi connectivity index (χ1v) is 5.70. The quantitative estimate of drug-likeness (QED) is 0.860. The molecule has 1 aromatic rings. The Kier molecular flexibility index (Phi) is 3.86. The summed E-state index contributed by atoms with van der Waals surface area (Å²) in [7, 11) is 1.72. The standard InChI is InChI=1S/C11H16ClNO3/c1-14-11(4-5-15-8-11)7-13-6-9-2-3-10(12)16-9/h2-3,13H,4-8H2,1H3. The van der Waals surface area contributed by atoms with Crippen molar-refractivity contribution in [2.45, 2.75) is 18.6 Å². The minimum Gasteiger partial charge on any atom is -0.448 e. The molecule has 1 aliphatic heterocycles. The number of rotatable bonds is 5. The van der Waals surface area contributed by atoms with Gasteiger partial charge in [-0.15, -0.1) is 0 Å². The van der Waals surface area contributed by atoms with Gasteiger partial charge in [-0.25, -0.2) is 0 Å². The first-order chi connectivity index (χ1) is 7.74. The third kappa shape index (κ3) is 2.77. The largest absolute Gasteiger partial charge is 0.448 e. The highest BCUT2D eigenvalue weighted by atomic mass is 35.5. The van der Waals surface area contributed by atoms with Crippen molar-refractivity contribution in [3.8, 4) is 0 Å². The van der Waals surface area contributed by atoms with Crippen molar-refractivity contribution in [1.82, 2.24) is 5.32 Å². The summed E-state index contributed by atoms with van der Waals surface area (Å²) in [5.41, 5.74) is -0.184. The highest BCUT2D eigenvalue weighted by Crippen LogP contribution is 2.21. The number of hydrogen-bond donors (Lipinski definition) is 1. The molecule has 1 unspecified atom stereocenters. The van der Waals surface area contributed by atoms with Gasteiger partial charge in [-0.3, -0.25) is 0 Å². The number of nitrogens with one attached hydrogen (secondary N) is 1. The first kappa shape index (κ1) is 11.9. The summed E-state index contributed by atoms with van der Waals surface area (Å²) < 4.78 is 16.1. The monoisotopic (exact) mass is 245 g/mol. The third-order valence-corrected chi connectivity index (χ3v) is 3.08. The Hall–Kier alpha value is -0.550. The van der Waals surface area contributed by atoms with Crippen LogP contribution < -0.4 is 5.32 Å². The van der Waals surface area contributed by atoms with E-state index in [1.54, 1.807) is 13.2 Å². The fraction of sp³-hybridized carbons (Fsp3) is 0.636. The van der Waals surface area contributed by atoms with Crippen molar-refractivity contribution in [2.75, 3.05) is 26.9 Å². The smallest absolute Gasteiger partial charge is 0.193 e. The molecule has 1 N–H and O–H groups in total. The normalized spacial score (nSPS) is 25.1. The summed E-state index contributed by atoms with van der Waals surface area (Å²) in [5.74, 6) is 0.829. The fourth-order valence-electron chi connectivity index (χ4n) is 1.82. The zero-order chi connectivity index (χ0) is 11.4. The van der Waals surface area contributed by atoms with E-state index in [4.69, 9.17) is 25.5 Å². The van der Waals surface area contributed by atoms with E-state index in [1.807, 2.05) is 6.07 Å². The second kappa shape index (κ2) is 5.19. The van der Waals surface area contributed by atoms with Gasteiger partial charge in [0.1, 0.15) is 11.4 Å². The van der Waals surface area contributed by atoms with E-state index in [2.05, 4.69) is 5.32 Å². The highest BCUT2D eigenvalue weighted by molar-refractivity contribution is 6.28. The SMILES string of the molecule is COC1(CNCc2ccc(Cl)o2)CCOC1. The van der Waals surface area contributed by atoms with Crippen LogP contribution in [0.4, 0.5) is 0 Å². The van der Waals surface area contributed by atoms with Crippen molar-refractivity contribution >= 4 is 11.6 Å². The van der Waals surface area contributed by atoms with E-state index in [-0.39, 0.29) is 5.60 Å². The maximum Gasteiger partial charge on any atom is 0.193 e. The van der Waals surface area contributed by atoms with Gasteiger partial charge in [0.2, 0.25) is 0 Å². The van der Waals surface area contributed by atoms with Crippen LogP contribution in [0.5, 0.6) is 0 Å². The molecule has 0 radical (unpaired) electrons. The summed E-state index contributed by atoms with van der Waals surface area (Å²) in [6.07, 6.45) is 0.926. The maximum absolute atomic E-state index is 5.68. The predicted molar refractivity (Wildman–Crippen MR) is 60.6 cm³/mol. The van der Waals surface area contributed by atoms with Crippen LogP contribution in [-0.2, 0) is 16.0 Å². The third-order valence-electron chi connectivity index (χ3n) is 2.88. The van der Waals surface area contributed by atoms with Gasteiger partial charge < -0.3 is 19.2 Å². The average molecular weight is 246 g/mol. The molecule has 1 aliphatic rings. The van der Waals surface area contributed by atoms with Gasteiger partial charge in [0.15, 0.2) is 5.22 Å². The minimum absolute atomic E-state index is 0.184. The lowest BCUT2D eigenvalue weighted by atomic mass is 10.0. The molecule has 0 bridgehead atoms. The molecule has 0 saturated carbocycles. The predicted octanol–water partition coefficient (Wildman–Crippen LogP) is 1.83. The van der Waals surface area contributed by atoms with Gasteiger partial charge in [0.25, 0.3) is 0 Å². The molecule has 1 aromatic heterocycles. The number of furan rings is 1. The Morgan fingerprint density at radius 1 is 1.56 bits per heavy atom. The summed E-state index contributed by atoms with van der Waals surface area (Å²) in [4.78, 5) is 0. The average Bonchev–Trinajstić information content (AvgIpc) is 2.89. The lowest BCUT2D eigenvalue weighted by molar-refractivity contribution is -0.0161. The van der Waals surface area contributed by atoms with Crippen LogP contribution in [0.3, 0.4) is 0 Å². The second-order valence-corrected chi connectivity index (χ2v) is 4.37. The van der Waals surface area contributed by atoms with E-state index < -0.39 is 0 Å². The molecule has 5 heteroatoms. The molecule has 16 heavy (non-hydrogen) atoms. The second-order valence-electron chi connectivity index (χ2n) is 4.00. The highest BCUT2D eigenvalue weighted by Gasteiger charge is 2.34. The van der Waals surface area contributed by atoms with Crippen LogP contribution in [-0.4, -0.2) is 32.5 Å². The molecule has 0 aliphatic carbocycles. The van der Waals surface area contributed by atoms with E-state index in [0.717, 1.165) is 25.3 Å². The first-order valence-electron chi connectivity index (χ1n) is 5.32. The zero-order valence-electron chi connectivity index (χ0n) is 9.29. The topological polar surface area (TPSA) is 43.6 Å². The molecule has 1 saturated heterocycles. The summed E-state index contributed by atoms with van der Waals surface area (Å²) in [6.45, 7) is 2.82. The van der Waals surface area contributed by atoms with Gasteiger partial charge in [-0.2, -0.15) is 0 Å². The molecule has 1 fully saturated rings. The van der Waals surface area contributed by atoms with Crippen molar-refractivity contribution in [3.05, 3.63) is 23.1 Å². The van der Waals surface area contributed by atoms with Gasteiger partial charge in [-0.05, 0) is 23.7 Å². The molecular weight excluding hydrogens is 230 g/mol. The Balaban J connectivity index is 1.78. The van der Waals surface area contributed by atoms with Crippen LogP contribution in [0.15, 0.2) is 16.5 Å². The van der Waals surface area contributed by atoms with Crippen molar-refractivity contribution in [3.63, 3.8) is 0 Å². The van der Waals surface area contributed by atoms with Crippen molar-refractivity contribution < 1.29 is 13.9 Å².